The van der Waals surface area contributed by atoms with Crippen molar-refractivity contribution in [1.82, 2.24) is 14.9 Å². The lowest BCUT2D eigenvalue weighted by Gasteiger charge is -2.26. The SMILES string of the molecule is C[C@H](NC(=O)CSc1nc2ccccc2c(=O)n1C1CCCCC1)C1CC1. The molecule has 0 unspecified atom stereocenters. The van der Waals surface area contributed by atoms with Crippen molar-refractivity contribution in [1.29, 1.82) is 0 Å². The average Bonchev–Trinajstić information content (AvgIpc) is 3.52. The number of nitrogens with zero attached hydrogens (tertiary/aromatic N) is 2. The Morgan fingerprint density at radius 2 is 1.96 bits per heavy atom. The molecule has 27 heavy (non-hydrogen) atoms. The van der Waals surface area contributed by atoms with Crippen LogP contribution in [0.1, 0.15) is 57.9 Å². The molecule has 2 aromatic rings. The van der Waals surface area contributed by atoms with Crippen molar-refractivity contribution in [2.24, 2.45) is 5.92 Å². The molecule has 2 fully saturated rings. The Kier molecular flexibility index (Phi) is 5.53. The highest BCUT2D eigenvalue weighted by molar-refractivity contribution is 7.99. The predicted octanol–water partition coefficient (Wildman–Crippen LogP) is 3.91. The standard InChI is InChI=1S/C21H27N3O2S/c1-14(15-11-12-15)22-19(25)13-27-21-23-18-10-6-5-9-17(18)20(26)24(21)16-7-3-2-4-8-16/h5-6,9-10,14-16H,2-4,7-8,11-13H2,1H3,(H,22,25)/t14-/m0/s1. The third-order valence-electron chi connectivity index (χ3n) is 5.77. The fourth-order valence-electron chi connectivity index (χ4n) is 4.03. The van der Waals surface area contributed by atoms with Crippen molar-refractivity contribution < 1.29 is 4.79 Å². The Balaban J connectivity index is 1.59. The van der Waals surface area contributed by atoms with Gasteiger partial charge in [-0.3, -0.25) is 14.2 Å². The minimum atomic E-state index is 0.0250. The van der Waals surface area contributed by atoms with Crippen LogP contribution in [0.25, 0.3) is 10.9 Å². The van der Waals surface area contributed by atoms with E-state index in [1.54, 1.807) is 0 Å². The molecular formula is C21H27N3O2S. The van der Waals surface area contributed by atoms with Gasteiger partial charge in [-0.05, 0) is 50.7 Å². The van der Waals surface area contributed by atoms with Gasteiger partial charge in [0.25, 0.3) is 5.56 Å². The summed E-state index contributed by atoms with van der Waals surface area (Å²) in [5.41, 5.74) is 0.741. The number of hydrogen-bond acceptors (Lipinski definition) is 4. The van der Waals surface area contributed by atoms with Crippen LogP contribution in [-0.2, 0) is 4.79 Å². The van der Waals surface area contributed by atoms with Gasteiger partial charge in [-0.2, -0.15) is 0 Å². The molecule has 4 rings (SSSR count). The summed E-state index contributed by atoms with van der Waals surface area (Å²) >= 11 is 1.39. The molecule has 144 valence electrons. The second kappa shape index (κ2) is 8.05. The van der Waals surface area contributed by atoms with Gasteiger partial charge in [0.2, 0.25) is 5.91 Å². The molecule has 6 heteroatoms. The highest BCUT2D eigenvalue weighted by Crippen LogP contribution is 2.33. The second-order valence-corrected chi connectivity index (χ2v) is 8.80. The molecular weight excluding hydrogens is 358 g/mol. The van der Waals surface area contributed by atoms with Gasteiger partial charge in [0.15, 0.2) is 5.16 Å². The van der Waals surface area contributed by atoms with Crippen LogP contribution in [0.5, 0.6) is 0 Å². The molecule has 1 aromatic carbocycles. The summed E-state index contributed by atoms with van der Waals surface area (Å²) in [5.74, 6) is 0.962. The molecule has 2 aliphatic rings. The Labute approximate surface area is 163 Å². The summed E-state index contributed by atoms with van der Waals surface area (Å²) in [5, 5.41) is 4.43. The first-order valence-electron chi connectivity index (χ1n) is 10.1. The first-order chi connectivity index (χ1) is 13.1. The van der Waals surface area contributed by atoms with Crippen LogP contribution in [0.3, 0.4) is 0 Å². The maximum atomic E-state index is 13.2. The fraction of sp³-hybridized carbons (Fsp3) is 0.571. The molecule has 1 amide bonds. The Morgan fingerprint density at radius 1 is 1.22 bits per heavy atom. The number of carbonyl (C=O) groups excluding carboxylic acids is 1. The average molecular weight is 386 g/mol. The van der Waals surface area contributed by atoms with Crippen LogP contribution >= 0.6 is 11.8 Å². The largest absolute Gasteiger partial charge is 0.353 e. The van der Waals surface area contributed by atoms with Gasteiger partial charge in [0.1, 0.15) is 0 Å². The van der Waals surface area contributed by atoms with Crippen molar-refractivity contribution in [3.8, 4) is 0 Å². The Bertz CT molecular complexity index is 885. The quantitative estimate of drug-likeness (QED) is 0.605. The lowest BCUT2D eigenvalue weighted by molar-refractivity contribution is -0.119. The van der Waals surface area contributed by atoms with Gasteiger partial charge in [0, 0.05) is 12.1 Å². The van der Waals surface area contributed by atoms with E-state index >= 15 is 0 Å². The summed E-state index contributed by atoms with van der Waals surface area (Å²) in [4.78, 5) is 30.3. The van der Waals surface area contributed by atoms with Crippen molar-refractivity contribution >= 4 is 28.6 Å². The number of fused-ring (bicyclic) bond motifs is 1. The van der Waals surface area contributed by atoms with Crippen LogP contribution in [0.2, 0.25) is 0 Å². The lowest BCUT2D eigenvalue weighted by Crippen LogP contribution is -2.35. The van der Waals surface area contributed by atoms with Gasteiger partial charge in [0.05, 0.1) is 16.7 Å². The zero-order chi connectivity index (χ0) is 18.8. The summed E-state index contributed by atoms with van der Waals surface area (Å²) in [7, 11) is 0. The molecule has 5 nitrogen and oxygen atoms in total. The minimum absolute atomic E-state index is 0.0250. The van der Waals surface area contributed by atoms with Gasteiger partial charge in [-0.25, -0.2) is 4.98 Å². The molecule has 1 N–H and O–H groups in total. The summed E-state index contributed by atoms with van der Waals surface area (Å²) in [6, 6.07) is 7.94. The summed E-state index contributed by atoms with van der Waals surface area (Å²) in [6.07, 6.45) is 7.97. The van der Waals surface area contributed by atoms with E-state index in [9.17, 15) is 9.59 Å². The van der Waals surface area contributed by atoms with E-state index in [0.29, 0.717) is 27.7 Å². The molecule has 0 aliphatic heterocycles. The number of rotatable bonds is 6. The lowest BCUT2D eigenvalue weighted by atomic mass is 9.95. The highest BCUT2D eigenvalue weighted by Gasteiger charge is 2.29. The maximum absolute atomic E-state index is 13.2. The van der Waals surface area contributed by atoms with Crippen molar-refractivity contribution in [3.63, 3.8) is 0 Å². The normalized spacial score (nSPS) is 19.1. The van der Waals surface area contributed by atoms with E-state index in [4.69, 9.17) is 4.98 Å². The van der Waals surface area contributed by atoms with Gasteiger partial charge in [-0.1, -0.05) is 43.2 Å². The Hall–Kier alpha value is -1.82. The van der Waals surface area contributed by atoms with E-state index in [0.717, 1.165) is 25.7 Å². The van der Waals surface area contributed by atoms with Crippen LogP contribution in [0.15, 0.2) is 34.2 Å². The number of amides is 1. The number of benzene rings is 1. The van der Waals surface area contributed by atoms with Gasteiger partial charge < -0.3 is 5.32 Å². The highest BCUT2D eigenvalue weighted by atomic mass is 32.2. The van der Waals surface area contributed by atoms with Crippen molar-refractivity contribution in [3.05, 3.63) is 34.6 Å². The first-order valence-corrected chi connectivity index (χ1v) is 11.1. The van der Waals surface area contributed by atoms with Crippen LogP contribution < -0.4 is 10.9 Å². The third kappa shape index (κ3) is 4.21. The number of para-hydroxylation sites is 1. The number of hydrogen-bond donors (Lipinski definition) is 1. The smallest absolute Gasteiger partial charge is 0.262 e. The summed E-state index contributed by atoms with van der Waals surface area (Å²) < 4.78 is 1.86. The number of aromatic nitrogens is 2. The first kappa shape index (κ1) is 18.5. The molecule has 2 aliphatic carbocycles. The Morgan fingerprint density at radius 3 is 2.70 bits per heavy atom. The van der Waals surface area contributed by atoms with Gasteiger partial charge >= 0.3 is 0 Å². The molecule has 0 radical (unpaired) electrons. The zero-order valence-electron chi connectivity index (χ0n) is 15.8. The zero-order valence-corrected chi connectivity index (χ0v) is 16.6. The molecule has 1 atom stereocenters. The van der Waals surface area contributed by atoms with Crippen molar-refractivity contribution in [2.75, 3.05) is 5.75 Å². The monoisotopic (exact) mass is 385 g/mol. The molecule has 2 saturated carbocycles. The molecule has 1 heterocycles. The third-order valence-corrected chi connectivity index (χ3v) is 6.72. The van der Waals surface area contributed by atoms with E-state index in [2.05, 4.69) is 12.2 Å². The molecule has 0 bridgehead atoms. The number of thioether (sulfide) groups is 1. The minimum Gasteiger partial charge on any atom is -0.353 e. The number of nitrogens with one attached hydrogen (secondary N) is 1. The second-order valence-electron chi connectivity index (χ2n) is 7.86. The fourth-order valence-corrected chi connectivity index (χ4v) is 4.91. The molecule has 0 spiro atoms. The van der Waals surface area contributed by atoms with Crippen LogP contribution in [0.4, 0.5) is 0 Å². The van der Waals surface area contributed by atoms with Crippen molar-refractivity contribution in [2.45, 2.75) is 69.1 Å². The number of carbonyl (C=O) groups is 1. The maximum Gasteiger partial charge on any atom is 0.262 e. The van der Waals surface area contributed by atoms with Crippen LogP contribution in [0, 0.1) is 5.92 Å². The van der Waals surface area contributed by atoms with E-state index < -0.39 is 0 Å². The van der Waals surface area contributed by atoms with Gasteiger partial charge in [-0.15, -0.1) is 0 Å². The topological polar surface area (TPSA) is 64.0 Å². The van der Waals surface area contributed by atoms with E-state index in [-0.39, 0.29) is 23.6 Å². The van der Waals surface area contributed by atoms with E-state index in [1.807, 2.05) is 28.8 Å². The molecule has 1 aromatic heterocycles. The predicted molar refractivity (Wildman–Crippen MR) is 109 cm³/mol. The van der Waals surface area contributed by atoms with E-state index in [1.165, 1.54) is 31.0 Å². The van der Waals surface area contributed by atoms with Crippen LogP contribution in [-0.4, -0.2) is 27.3 Å². The summed E-state index contributed by atoms with van der Waals surface area (Å²) in [6.45, 7) is 2.08. The molecule has 0 saturated heterocycles.